The van der Waals surface area contributed by atoms with Gasteiger partial charge >= 0.3 is 0 Å². The SMILES string of the molecule is CON(C)C(=O)c1cnc(-n2ncc3cc(C#N)cnc32)cc1N[C@H](C)C#N. The van der Waals surface area contributed by atoms with Crippen molar-refractivity contribution in [3.05, 3.63) is 41.9 Å². The number of nitrogens with zero attached hydrogens (tertiary/aromatic N) is 7. The van der Waals surface area contributed by atoms with Crippen molar-refractivity contribution in [3.63, 3.8) is 0 Å². The predicted octanol–water partition coefficient (Wildman–Crippen LogP) is 1.64. The Bertz CT molecular complexity index is 1120. The van der Waals surface area contributed by atoms with E-state index in [-0.39, 0.29) is 5.56 Å². The fourth-order valence-electron chi connectivity index (χ4n) is 2.52. The van der Waals surface area contributed by atoms with Crippen LogP contribution in [0.2, 0.25) is 0 Å². The van der Waals surface area contributed by atoms with E-state index in [0.29, 0.717) is 28.1 Å². The van der Waals surface area contributed by atoms with E-state index in [2.05, 4.69) is 26.5 Å². The minimum atomic E-state index is -0.541. The number of aromatic nitrogens is 4. The van der Waals surface area contributed by atoms with Crippen LogP contribution >= 0.6 is 0 Å². The molecule has 1 atom stereocenters. The van der Waals surface area contributed by atoms with Crippen LogP contribution in [0.25, 0.3) is 16.9 Å². The van der Waals surface area contributed by atoms with Gasteiger partial charge in [0.05, 0.1) is 36.2 Å². The first-order valence-corrected chi connectivity index (χ1v) is 8.21. The molecule has 0 saturated carbocycles. The van der Waals surface area contributed by atoms with Crippen molar-refractivity contribution in [2.24, 2.45) is 0 Å². The van der Waals surface area contributed by atoms with E-state index in [9.17, 15) is 4.79 Å². The lowest BCUT2D eigenvalue weighted by molar-refractivity contribution is -0.0756. The Morgan fingerprint density at radius 3 is 2.75 bits per heavy atom. The topological polar surface area (TPSA) is 133 Å². The van der Waals surface area contributed by atoms with E-state index in [1.807, 2.05) is 6.07 Å². The molecule has 3 rings (SSSR count). The fourth-order valence-corrected chi connectivity index (χ4v) is 2.52. The van der Waals surface area contributed by atoms with Gasteiger partial charge in [0.1, 0.15) is 12.1 Å². The van der Waals surface area contributed by atoms with Gasteiger partial charge in [0, 0.05) is 30.9 Å². The van der Waals surface area contributed by atoms with Crippen LogP contribution in [0.15, 0.2) is 30.7 Å². The van der Waals surface area contributed by atoms with Crippen LogP contribution in [0.1, 0.15) is 22.8 Å². The molecule has 0 aliphatic rings. The molecular formula is C18H16N8O2. The first kappa shape index (κ1) is 18.8. The van der Waals surface area contributed by atoms with E-state index in [0.717, 1.165) is 5.06 Å². The Labute approximate surface area is 160 Å². The summed E-state index contributed by atoms with van der Waals surface area (Å²) >= 11 is 0. The number of hydrogen-bond acceptors (Lipinski definition) is 8. The molecule has 0 bridgehead atoms. The average Bonchev–Trinajstić information content (AvgIpc) is 3.15. The van der Waals surface area contributed by atoms with Crippen molar-refractivity contribution in [2.45, 2.75) is 13.0 Å². The number of fused-ring (bicyclic) bond motifs is 1. The summed E-state index contributed by atoms with van der Waals surface area (Å²) in [5.41, 5.74) is 1.59. The van der Waals surface area contributed by atoms with Gasteiger partial charge in [-0.1, -0.05) is 0 Å². The zero-order valence-electron chi connectivity index (χ0n) is 15.4. The Hall–Kier alpha value is -4.02. The first-order chi connectivity index (χ1) is 13.5. The molecule has 10 heteroatoms. The Kier molecular flexibility index (Phi) is 5.16. The summed E-state index contributed by atoms with van der Waals surface area (Å²) in [5, 5.41) is 27.1. The zero-order chi connectivity index (χ0) is 20.3. The molecule has 140 valence electrons. The summed E-state index contributed by atoms with van der Waals surface area (Å²) in [6, 6.07) is 6.84. The average molecular weight is 376 g/mol. The summed E-state index contributed by atoms with van der Waals surface area (Å²) in [5.74, 6) is -0.0206. The van der Waals surface area contributed by atoms with E-state index in [4.69, 9.17) is 15.4 Å². The lowest BCUT2D eigenvalue weighted by Crippen LogP contribution is -2.27. The van der Waals surface area contributed by atoms with E-state index in [1.54, 1.807) is 25.3 Å². The highest BCUT2D eigenvalue weighted by atomic mass is 16.7. The van der Waals surface area contributed by atoms with Gasteiger partial charge in [-0.2, -0.15) is 20.3 Å². The molecule has 3 aromatic heterocycles. The summed E-state index contributed by atoms with van der Waals surface area (Å²) in [7, 11) is 2.85. The van der Waals surface area contributed by atoms with Crippen molar-refractivity contribution in [1.82, 2.24) is 24.8 Å². The molecule has 0 aliphatic carbocycles. The number of hydrogen-bond donors (Lipinski definition) is 1. The molecule has 1 N–H and O–H groups in total. The lowest BCUT2D eigenvalue weighted by atomic mass is 10.2. The van der Waals surface area contributed by atoms with Crippen LogP contribution < -0.4 is 5.32 Å². The summed E-state index contributed by atoms with van der Waals surface area (Å²) in [6.07, 6.45) is 4.41. The maximum Gasteiger partial charge on any atom is 0.280 e. The number of nitriles is 2. The second-order valence-electron chi connectivity index (χ2n) is 5.87. The third-order valence-electron chi connectivity index (χ3n) is 4.00. The number of anilines is 1. The minimum absolute atomic E-state index is 0.242. The number of pyridine rings is 2. The summed E-state index contributed by atoms with van der Waals surface area (Å²) in [6.45, 7) is 1.67. The molecule has 0 aromatic carbocycles. The molecule has 1 amide bonds. The van der Waals surface area contributed by atoms with Gasteiger partial charge in [-0.05, 0) is 13.0 Å². The highest BCUT2D eigenvalue weighted by Crippen LogP contribution is 2.23. The van der Waals surface area contributed by atoms with Crippen molar-refractivity contribution >= 4 is 22.6 Å². The van der Waals surface area contributed by atoms with E-state index >= 15 is 0 Å². The van der Waals surface area contributed by atoms with Crippen molar-refractivity contribution in [2.75, 3.05) is 19.5 Å². The molecule has 3 aromatic rings. The number of hydroxylamine groups is 2. The molecule has 0 unspecified atom stereocenters. The van der Waals surface area contributed by atoms with Crippen LogP contribution in [0, 0.1) is 22.7 Å². The Morgan fingerprint density at radius 2 is 2.07 bits per heavy atom. The molecule has 0 saturated heterocycles. The molecule has 0 aliphatic heterocycles. The van der Waals surface area contributed by atoms with Crippen LogP contribution in [0.4, 0.5) is 5.69 Å². The molecule has 0 radical (unpaired) electrons. The molecule has 28 heavy (non-hydrogen) atoms. The van der Waals surface area contributed by atoms with Gasteiger partial charge in [0.2, 0.25) is 0 Å². The standard InChI is InChI=1S/C18H16N8O2/c1-11(6-19)24-15-5-16(21-10-14(15)18(27)25(2)28-3)26-17-13(9-23-26)4-12(7-20)8-22-17/h4-5,8-11H,1-3H3,(H,21,24)/t11-/m1/s1. The van der Waals surface area contributed by atoms with Crippen molar-refractivity contribution in [3.8, 4) is 18.0 Å². The van der Waals surface area contributed by atoms with E-state index < -0.39 is 11.9 Å². The second kappa shape index (κ2) is 7.70. The first-order valence-electron chi connectivity index (χ1n) is 8.21. The van der Waals surface area contributed by atoms with Gasteiger partial charge < -0.3 is 5.32 Å². The minimum Gasteiger partial charge on any atom is -0.369 e. The van der Waals surface area contributed by atoms with Gasteiger partial charge in [0.25, 0.3) is 5.91 Å². The van der Waals surface area contributed by atoms with Crippen LogP contribution in [0.5, 0.6) is 0 Å². The molecule has 10 nitrogen and oxygen atoms in total. The number of rotatable bonds is 5. The number of carbonyl (C=O) groups excluding carboxylic acids is 1. The maximum absolute atomic E-state index is 12.5. The molecular weight excluding hydrogens is 360 g/mol. The number of amides is 1. The van der Waals surface area contributed by atoms with Crippen molar-refractivity contribution in [1.29, 1.82) is 10.5 Å². The monoisotopic (exact) mass is 376 g/mol. The quantitative estimate of drug-likeness (QED) is 0.665. The van der Waals surface area contributed by atoms with E-state index in [1.165, 1.54) is 31.2 Å². The third-order valence-corrected chi connectivity index (χ3v) is 4.00. The second-order valence-corrected chi connectivity index (χ2v) is 5.87. The largest absolute Gasteiger partial charge is 0.369 e. The van der Waals surface area contributed by atoms with Crippen LogP contribution in [-0.2, 0) is 4.84 Å². The maximum atomic E-state index is 12.5. The van der Waals surface area contributed by atoms with Gasteiger partial charge in [0.15, 0.2) is 11.5 Å². The highest BCUT2D eigenvalue weighted by molar-refractivity contribution is 5.99. The Balaban J connectivity index is 2.10. The number of nitrogens with one attached hydrogen (secondary N) is 1. The molecule has 0 fully saturated rings. The van der Waals surface area contributed by atoms with Crippen LogP contribution in [0.3, 0.4) is 0 Å². The molecule has 3 heterocycles. The van der Waals surface area contributed by atoms with Crippen LogP contribution in [-0.4, -0.2) is 50.9 Å². The highest BCUT2D eigenvalue weighted by Gasteiger charge is 2.20. The summed E-state index contributed by atoms with van der Waals surface area (Å²) in [4.78, 5) is 26.0. The Morgan fingerprint density at radius 1 is 1.29 bits per heavy atom. The predicted molar refractivity (Wildman–Crippen MR) is 99.2 cm³/mol. The fraction of sp³-hybridized carbons (Fsp3) is 0.222. The van der Waals surface area contributed by atoms with Crippen molar-refractivity contribution < 1.29 is 9.63 Å². The zero-order valence-corrected chi connectivity index (χ0v) is 15.4. The molecule has 0 spiro atoms. The smallest absolute Gasteiger partial charge is 0.280 e. The lowest BCUT2D eigenvalue weighted by Gasteiger charge is -2.18. The van der Waals surface area contributed by atoms with Gasteiger partial charge in [-0.15, -0.1) is 0 Å². The normalized spacial score (nSPS) is 11.5. The van der Waals surface area contributed by atoms with Gasteiger partial charge in [-0.3, -0.25) is 9.63 Å². The third kappa shape index (κ3) is 3.45. The van der Waals surface area contributed by atoms with Gasteiger partial charge in [-0.25, -0.2) is 15.0 Å². The summed E-state index contributed by atoms with van der Waals surface area (Å²) < 4.78 is 1.49. The number of carbonyl (C=O) groups is 1.